The lowest BCUT2D eigenvalue weighted by Crippen LogP contribution is -2.21. The zero-order valence-corrected chi connectivity index (χ0v) is 7.91. The lowest BCUT2D eigenvalue weighted by atomic mass is 10.3. The molecule has 2 nitrogen and oxygen atoms in total. The summed E-state index contributed by atoms with van der Waals surface area (Å²) in [5.74, 6) is 0. The molecule has 64 valence electrons. The van der Waals surface area contributed by atoms with E-state index in [0.717, 1.165) is 6.42 Å². The molecule has 0 heterocycles. The number of likely N-dealkylation sites (N-methyl/N-ethyl adjacent to an activating group) is 1. The van der Waals surface area contributed by atoms with Gasteiger partial charge in [-0.3, -0.25) is 4.99 Å². The second kappa shape index (κ2) is 6.10. The minimum Gasteiger partial charge on any atom is -0.303 e. The molecule has 0 aromatic heterocycles. The number of nitrogens with zero attached hydrogens (tertiary/aromatic N) is 2. The van der Waals surface area contributed by atoms with Crippen molar-refractivity contribution < 1.29 is 0 Å². The van der Waals surface area contributed by atoms with Crippen LogP contribution in [0.2, 0.25) is 0 Å². The molecule has 0 saturated heterocycles. The third-order valence-electron chi connectivity index (χ3n) is 1.55. The van der Waals surface area contributed by atoms with Crippen LogP contribution < -0.4 is 0 Å². The first-order valence-corrected chi connectivity index (χ1v) is 4.03. The van der Waals surface area contributed by atoms with Crippen molar-refractivity contribution in [3.63, 3.8) is 0 Å². The Labute approximate surface area is 69.6 Å². The van der Waals surface area contributed by atoms with E-state index in [1.165, 1.54) is 0 Å². The van der Waals surface area contributed by atoms with Gasteiger partial charge in [0.15, 0.2) is 0 Å². The molecule has 0 spiro atoms. The van der Waals surface area contributed by atoms with E-state index in [9.17, 15) is 0 Å². The monoisotopic (exact) mass is 154 g/mol. The van der Waals surface area contributed by atoms with Gasteiger partial charge in [-0.15, -0.1) is 0 Å². The molecular weight excluding hydrogens is 136 g/mol. The molecule has 0 aromatic carbocycles. The van der Waals surface area contributed by atoms with Crippen molar-refractivity contribution in [3.8, 4) is 0 Å². The Balaban J connectivity index is 3.64. The van der Waals surface area contributed by atoms with Crippen LogP contribution in [-0.2, 0) is 0 Å². The maximum atomic E-state index is 4.08. The van der Waals surface area contributed by atoms with Gasteiger partial charge in [0.05, 0.1) is 0 Å². The van der Waals surface area contributed by atoms with Gasteiger partial charge in [0.1, 0.15) is 0 Å². The zero-order valence-electron chi connectivity index (χ0n) is 7.91. The van der Waals surface area contributed by atoms with Crippen molar-refractivity contribution >= 4 is 6.21 Å². The standard InChI is InChI=1S/C9H18N2/c1-5-7-10-8-6-9(2)11(3)4/h6-9H,5H2,1-4H3/b8-6-,10-7?. The van der Waals surface area contributed by atoms with Gasteiger partial charge < -0.3 is 4.90 Å². The van der Waals surface area contributed by atoms with Crippen LogP contribution in [0.4, 0.5) is 0 Å². The average Bonchev–Trinajstić information content (AvgIpc) is 1.97. The fourth-order valence-electron chi connectivity index (χ4n) is 0.513. The lowest BCUT2D eigenvalue weighted by molar-refractivity contribution is 0.364. The lowest BCUT2D eigenvalue weighted by Gasteiger charge is -2.14. The van der Waals surface area contributed by atoms with Crippen molar-refractivity contribution in [2.24, 2.45) is 4.99 Å². The van der Waals surface area contributed by atoms with Gasteiger partial charge in [-0.25, -0.2) is 0 Å². The van der Waals surface area contributed by atoms with Crippen LogP contribution in [0.25, 0.3) is 0 Å². The first kappa shape index (κ1) is 10.4. The summed E-state index contributed by atoms with van der Waals surface area (Å²) in [7, 11) is 4.11. The van der Waals surface area contributed by atoms with Gasteiger partial charge in [-0.1, -0.05) is 6.92 Å². The molecular formula is C9H18N2. The highest BCUT2D eigenvalue weighted by atomic mass is 15.1. The maximum Gasteiger partial charge on any atom is 0.0261 e. The van der Waals surface area contributed by atoms with Crippen molar-refractivity contribution in [1.82, 2.24) is 4.90 Å². The number of hydrogen-bond donors (Lipinski definition) is 0. The summed E-state index contributed by atoms with van der Waals surface area (Å²) in [5.41, 5.74) is 0. The molecule has 0 fully saturated rings. The summed E-state index contributed by atoms with van der Waals surface area (Å²) in [6.07, 6.45) is 6.83. The molecule has 0 aliphatic carbocycles. The predicted octanol–water partition coefficient (Wildman–Crippen LogP) is 1.93. The number of aliphatic imine (C=N–C) groups is 1. The Morgan fingerprint density at radius 1 is 1.45 bits per heavy atom. The number of hydrogen-bond acceptors (Lipinski definition) is 2. The van der Waals surface area contributed by atoms with E-state index in [0.29, 0.717) is 6.04 Å². The summed E-state index contributed by atoms with van der Waals surface area (Å²) >= 11 is 0. The molecule has 0 bridgehead atoms. The van der Waals surface area contributed by atoms with E-state index in [1.54, 1.807) is 0 Å². The van der Waals surface area contributed by atoms with E-state index < -0.39 is 0 Å². The highest BCUT2D eigenvalue weighted by molar-refractivity contribution is 5.57. The van der Waals surface area contributed by atoms with E-state index in [1.807, 2.05) is 12.4 Å². The summed E-state index contributed by atoms with van der Waals surface area (Å²) in [6.45, 7) is 4.21. The predicted molar refractivity (Wildman–Crippen MR) is 51.1 cm³/mol. The SMILES string of the molecule is CCC=N/C=C\C(C)N(C)C. The molecule has 0 rings (SSSR count). The van der Waals surface area contributed by atoms with Crippen LogP contribution in [0.3, 0.4) is 0 Å². The van der Waals surface area contributed by atoms with Crippen molar-refractivity contribution in [2.45, 2.75) is 26.3 Å². The van der Waals surface area contributed by atoms with Gasteiger partial charge >= 0.3 is 0 Å². The van der Waals surface area contributed by atoms with Gasteiger partial charge in [-0.2, -0.15) is 0 Å². The molecule has 1 unspecified atom stereocenters. The third kappa shape index (κ3) is 5.80. The summed E-state index contributed by atoms with van der Waals surface area (Å²) < 4.78 is 0. The van der Waals surface area contributed by atoms with Gasteiger partial charge in [0, 0.05) is 18.5 Å². The highest BCUT2D eigenvalue weighted by Gasteiger charge is 1.95. The molecule has 0 aliphatic heterocycles. The van der Waals surface area contributed by atoms with Crippen LogP contribution in [0.5, 0.6) is 0 Å². The molecule has 0 amide bonds. The highest BCUT2D eigenvalue weighted by Crippen LogP contribution is 1.92. The smallest absolute Gasteiger partial charge is 0.0261 e. The Hall–Kier alpha value is -0.630. The van der Waals surface area contributed by atoms with Crippen molar-refractivity contribution in [3.05, 3.63) is 12.3 Å². The molecule has 0 saturated carbocycles. The molecule has 2 heteroatoms. The fourth-order valence-corrected chi connectivity index (χ4v) is 0.513. The quantitative estimate of drug-likeness (QED) is 0.565. The molecule has 0 N–H and O–H groups in total. The van der Waals surface area contributed by atoms with E-state index in [4.69, 9.17) is 0 Å². The van der Waals surface area contributed by atoms with Crippen LogP contribution in [-0.4, -0.2) is 31.3 Å². The molecule has 0 aliphatic rings. The molecule has 0 aromatic rings. The van der Waals surface area contributed by atoms with E-state index in [2.05, 4.69) is 43.9 Å². The topological polar surface area (TPSA) is 15.6 Å². The Morgan fingerprint density at radius 3 is 2.55 bits per heavy atom. The van der Waals surface area contributed by atoms with Crippen LogP contribution >= 0.6 is 0 Å². The second-order valence-electron chi connectivity index (χ2n) is 2.79. The molecule has 0 radical (unpaired) electrons. The van der Waals surface area contributed by atoms with E-state index in [-0.39, 0.29) is 0 Å². The largest absolute Gasteiger partial charge is 0.303 e. The normalized spacial score (nSPS) is 15.4. The summed E-state index contributed by atoms with van der Waals surface area (Å²) in [6, 6.07) is 0.462. The zero-order chi connectivity index (χ0) is 8.69. The first-order valence-electron chi connectivity index (χ1n) is 4.03. The Bertz CT molecular complexity index is 136. The Morgan fingerprint density at radius 2 is 2.09 bits per heavy atom. The number of rotatable bonds is 4. The minimum atomic E-state index is 0.462. The second-order valence-corrected chi connectivity index (χ2v) is 2.79. The maximum absolute atomic E-state index is 4.08. The molecule has 11 heavy (non-hydrogen) atoms. The summed E-state index contributed by atoms with van der Waals surface area (Å²) in [5, 5.41) is 0. The minimum absolute atomic E-state index is 0.462. The first-order chi connectivity index (χ1) is 5.18. The van der Waals surface area contributed by atoms with E-state index >= 15 is 0 Å². The van der Waals surface area contributed by atoms with Gasteiger partial charge in [0.25, 0.3) is 0 Å². The van der Waals surface area contributed by atoms with Crippen LogP contribution in [0, 0.1) is 0 Å². The average molecular weight is 154 g/mol. The van der Waals surface area contributed by atoms with Crippen LogP contribution in [0.15, 0.2) is 17.3 Å². The molecule has 1 atom stereocenters. The van der Waals surface area contributed by atoms with Crippen LogP contribution in [0.1, 0.15) is 20.3 Å². The van der Waals surface area contributed by atoms with Gasteiger partial charge in [-0.05, 0) is 33.5 Å². The van der Waals surface area contributed by atoms with Crippen molar-refractivity contribution in [1.29, 1.82) is 0 Å². The third-order valence-corrected chi connectivity index (χ3v) is 1.55. The summed E-state index contributed by atoms with van der Waals surface area (Å²) in [4.78, 5) is 6.22. The Kier molecular flexibility index (Phi) is 5.75. The fraction of sp³-hybridized carbons (Fsp3) is 0.667. The van der Waals surface area contributed by atoms with Gasteiger partial charge in [0.2, 0.25) is 0 Å². The van der Waals surface area contributed by atoms with Crippen molar-refractivity contribution in [2.75, 3.05) is 14.1 Å².